The molecule has 0 aromatic rings. The van der Waals surface area contributed by atoms with Crippen LogP contribution in [-0.2, 0) is 0 Å². The second kappa shape index (κ2) is 7.77. The molecule has 0 spiro atoms. The maximum absolute atomic E-state index is 9.58. The number of nitrogens with one attached hydrogen (secondary N) is 1. The summed E-state index contributed by atoms with van der Waals surface area (Å²) in [5, 5.41) is 13.1. The number of nitrogens with zero attached hydrogens (tertiary/aromatic N) is 1. The van der Waals surface area contributed by atoms with Gasteiger partial charge in [0.15, 0.2) is 0 Å². The Labute approximate surface area is 126 Å². The zero-order chi connectivity index (χ0) is 15.2. The van der Waals surface area contributed by atoms with Gasteiger partial charge in [0, 0.05) is 12.1 Å². The van der Waals surface area contributed by atoms with Crippen LogP contribution in [0.15, 0.2) is 0 Å². The molecule has 0 aromatic carbocycles. The van der Waals surface area contributed by atoms with E-state index in [0.717, 1.165) is 25.3 Å². The van der Waals surface area contributed by atoms with Gasteiger partial charge in [-0.3, -0.25) is 0 Å². The van der Waals surface area contributed by atoms with Crippen LogP contribution >= 0.6 is 0 Å². The summed E-state index contributed by atoms with van der Waals surface area (Å²) in [5.41, 5.74) is 0.343. The average molecular weight is 284 g/mol. The van der Waals surface area contributed by atoms with Crippen LogP contribution in [0.25, 0.3) is 0 Å². The minimum atomic E-state index is -0.0981. The van der Waals surface area contributed by atoms with Crippen molar-refractivity contribution in [3.05, 3.63) is 0 Å². The number of hydrogen-bond donors (Lipinski definition) is 2. The second-order valence-corrected chi connectivity index (χ2v) is 7.90. The van der Waals surface area contributed by atoms with Crippen molar-refractivity contribution in [2.45, 2.75) is 65.8 Å². The van der Waals surface area contributed by atoms with E-state index in [4.69, 9.17) is 0 Å². The predicted molar refractivity (Wildman–Crippen MR) is 87.0 cm³/mol. The Hall–Kier alpha value is -0.120. The molecule has 2 N–H and O–H groups in total. The molecule has 0 aromatic heterocycles. The molecule has 1 aliphatic rings. The van der Waals surface area contributed by atoms with Crippen LogP contribution in [-0.4, -0.2) is 48.3 Å². The summed E-state index contributed by atoms with van der Waals surface area (Å²) >= 11 is 0. The van der Waals surface area contributed by atoms with Crippen LogP contribution < -0.4 is 5.32 Å². The topological polar surface area (TPSA) is 35.5 Å². The summed E-state index contributed by atoms with van der Waals surface area (Å²) in [4.78, 5) is 2.60. The molecule has 0 aliphatic carbocycles. The van der Waals surface area contributed by atoms with E-state index in [1.807, 2.05) is 0 Å². The Morgan fingerprint density at radius 3 is 2.45 bits per heavy atom. The molecule has 0 amide bonds. The van der Waals surface area contributed by atoms with Crippen LogP contribution in [0.1, 0.15) is 60.3 Å². The normalized spacial score (nSPS) is 24.0. The van der Waals surface area contributed by atoms with Crippen molar-refractivity contribution in [1.82, 2.24) is 10.2 Å². The standard InChI is InChI=1S/C17H36N2O/c1-6-10-18-17(5,14-20)9-7-11-19-12-8-15(13-19)16(2,3)4/h15,18,20H,6-14H2,1-5H3. The molecule has 2 unspecified atom stereocenters. The lowest BCUT2D eigenvalue weighted by Gasteiger charge is -2.30. The van der Waals surface area contributed by atoms with Gasteiger partial charge in [-0.1, -0.05) is 27.7 Å². The minimum absolute atomic E-state index is 0.0981. The third kappa shape index (κ3) is 5.71. The summed E-state index contributed by atoms with van der Waals surface area (Å²) in [6.07, 6.45) is 4.69. The van der Waals surface area contributed by atoms with E-state index in [9.17, 15) is 5.11 Å². The summed E-state index contributed by atoms with van der Waals surface area (Å²) < 4.78 is 0. The lowest BCUT2D eigenvalue weighted by molar-refractivity contribution is 0.157. The quantitative estimate of drug-likeness (QED) is 0.719. The third-order valence-corrected chi connectivity index (χ3v) is 4.85. The molecular formula is C17H36N2O. The zero-order valence-corrected chi connectivity index (χ0v) is 14.3. The largest absolute Gasteiger partial charge is 0.394 e. The highest BCUT2D eigenvalue weighted by atomic mass is 16.3. The SMILES string of the molecule is CCCNC(C)(CO)CCCN1CCC(C(C)(C)C)C1. The summed E-state index contributed by atoms with van der Waals surface area (Å²) in [5.74, 6) is 0.838. The first-order chi connectivity index (χ1) is 9.30. The summed E-state index contributed by atoms with van der Waals surface area (Å²) in [7, 11) is 0. The molecule has 0 saturated carbocycles. The number of likely N-dealkylation sites (tertiary alicyclic amines) is 1. The Morgan fingerprint density at radius 2 is 1.95 bits per heavy atom. The highest BCUT2D eigenvalue weighted by Crippen LogP contribution is 2.33. The summed E-state index contributed by atoms with van der Waals surface area (Å²) in [6, 6.07) is 0. The van der Waals surface area contributed by atoms with Crippen LogP contribution in [0.2, 0.25) is 0 Å². The molecule has 120 valence electrons. The van der Waals surface area contributed by atoms with Gasteiger partial charge < -0.3 is 15.3 Å². The van der Waals surface area contributed by atoms with E-state index in [1.165, 1.54) is 32.5 Å². The smallest absolute Gasteiger partial charge is 0.0610 e. The first-order valence-corrected chi connectivity index (χ1v) is 8.39. The highest BCUT2D eigenvalue weighted by Gasteiger charge is 2.31. The van der Waals surface area contributed by atoms with Gasteiger partial charge in [0.1, 0.15) is 0 Å². The molecule has 1 rings (SSSR count). The molecule has 3 nitrogen and oxygen atoms in total. The Bertz CT molecular complexity index is 275. The molecule has 3 heteroatoms. The number of hydrogen-bond acceptors (Lipinski definition) is 3. The van der Waals surface area contributed by atoms with Crippen molar-refractivity contribution >= 4 is 0 Å². The van der Waals surface area contributed by atoms with Gasteiger partial charge in [-0.2, -0.15) is 0 Å². The molecule has 1 saturated heterocycles. The zero-order valence-electron chi connectivity index (χ0n) is 14.3. The average Bonchev–Trinajstić information content (AvgIpc) is 2.85. The van der Waals surface area contributed by atoms with Gasteiger partial charge in [0.05, 0.1) is 6.61 Å². The minimum Gasteiger partial charge on any atom is -0.394 e. The molecule has 0 bridgehead atoms. The van der Waals surface area contributed by atoms with Crippen molar-refractivity contribution in [2.75, 3.05) is 32.8 Å². The van der Waals surface area contributed by atoms with Crippen molar-refractivity contribution in [1.29, 1.82) is 0 Å². The third-order valence-electron chi connectivity index (χ3n) is 4.85. The molecule has 1 fully saturated rings. The molecule has 20 heavy (non-hydrogen) atoms. The molecule has 1 heterocycles. The van der Waals surface area contributed by atoms with Gasteiger partial charge in [0.25, 0.3) is 0 Å². The van der Waals surface area contributed by atoms with Gasteiger partial charge in [-0.05, 0) is 63.6 Å². The maximum Gasteiger partial charge on any atom is 0.0610 e. The van der Waals surface area contributed by atoms with Gasteiger partial charge in [-0.15, -0.1) is 0 Å². The van der Waals surface area contributed by atoms with Crippen LogP contribution in [0, 0.1) is 11.3 Å². The van der Waals surface area contributed by atoms with Crippen molar-refractivity contribution < 1.29 is 5.11 Å². The van der Waals surface area contributed by atoms with Crippen molar-refractivity contribution in [3.63, 3.8) is 0 Å². The van der Waals surface area contributed by atoms with E-state index in [2.05, 4.69) is 44.8 Å². The first-order valence-electron chi connectivity index (χ1n) is 8.39. The Kier molecular flexibility index (Phi) is 6.96. The second-order valence-electron chi connectivity index (χ2n) is 7.90. The number of aliphatic hydroxyl groups excluding tert-OH is 1. The van der Waals surface area contributed by atoms with E-state index in [0.29, 0.717) is 5.41 Å². The van der Waals surface area contributed by atoms with Crippen molar-refractivity contribution in [2.24, 2.45) is 11.3 Å². The number of aliphatic hydroxyl groups is 1. The lowest BCUT2D eigenvalue weighted by atomic mass is 9.80. The van der Waals surface area contributed by atoms with Crippen molar-refractivity contribution in [3.8, 4) is 0 Å². The monoisotopic (exact) mass is 284 g/mol. The van der Waals surface area contributed by atoms with Crippen LogP contribution in [0.3, 0.4) is 0 Å². The van der Waals surface area contributed by atoms with E-state index in [-0.39, 0.29) is 12.1 Å². The fraction of sp³-hybridized carbons (Fsp3) is 1.00. The Balaban J connectivity index is 2.27. The number of rotatable bonds is 8. The van der Waals surface area contributed by atoms with Crippen LogP contribution in [0.4, 0.5) is 0 Å². The van der Waals surface area contributed by atoms with E-state index in [1.54, 1.807) is 0 Å². The predicted octanol–water partition coefficient (Wildman–Crippen LogP) is 2.89. The van der Waals surface area contributed by atoms with Crippen LogP contribution in [0.5, 0.6) is 0 Å². The van der Waals surface area contributed by atoms with Gasteiger partial charge in [0.2, 0.25) is 0 Å². The van der Waals surface area contributed by atoms with Gasteiger partial charge in [-0.25, -0.2) is 0 Å². The van der Waals surface area contributed by atoms with E-state index < -0.39 is 0 Å². The molecular weight excluding hydrogens is 248 g/mol. The lowest BCUT2D eigenvalue weighted by Crippen LogP contribution is -2.46. The molecule has 0 radical (unpaired) electrons. The van der Waals surface area contributed by atoms with Gasteiger partial charge >= 0.3 is 0 Å². The fourth-order valence-electron chi connectivity index (χ4n) is 3.09. The van der Waals surface area contributed by atoms with E-state index >= 15 is 0 Å². The molecule has 1 aliphatic heterocycles. The summed E-state index contributed by atoms with van der Waals surface area (Å²) in [6.45, 7) is 16.3. The maximum atomic E-state index is 9.58. The first kappa shape index (κ1) is 17.9. The highest BCUT2D eigenvalue weighted by molar-refractivity contribution is 4.86. The Morgan fingerprint density at radius 1 is 1.25 bits per heavy atom. The molecule has 2 atom stereocenters. The fourth-order valence-corrected chi connectivity index (χ4v) is 3.09.